The maximum atomic E-state index is 12.8. The first-order valence-corrected chi connectivity index (χ1v) is 9.17. The Hall–Kier alpha value is -1.89. The van der Waals surface area contributed by atoms with Gasteiger partial charge in [0.2, 0.25) is 5.91 Å². The third-order valence-electron chi connectivity index (χ3n) is 3.98. The van der Waals surface area contributed by atoms with Crippen LogP contribution in [0.5, 0.6) is 0 Å². The second kappa shape index (κ2) is 8.99. The predicted octanol–water partition coefficient (Wildman–Crippen LogP) is 2.37. The first kappa shape index (κ1) is 19.4. The third-order valence-corrected chi connectivity index (χ3v) is 4.47. The van der Waals surface area contributed by atoms with Gasteiger partial charge < -0.3 is 15.0 Å². The van der Waals surface area contributed by atoms with Crippen LogP contribution in [0.15, 0.2) is 28.7 Å². The fraction of sp³-hybridized carbons (Fsp3) is 0.500. The van der Waals surface area contributed by atoms with Gasteiger partial charge in [-0.15, -0.1) is 0 Å². The topological polar surface area (TPSA) is 75.7 Å². The highest BCUT2D eigenvalue weighted by Gasteiger charge is 2.35. The van der Waals surface area contributed by atoms with Crippen molar-refractivity contribution in [2.45, 2.75) is 32.7 Å². The van der Waals surface area contributed by atoms with Gasteiger partial charge in [-0.25, -0.2) is 0 Å². The molecule has 0 aromatic heterocycles. The molecule has 0 bridgehead atoms. The van der Waals surface area contributed by atoms with Gasteiger partial charge >= 0.3 is 5.97 Å². The van der Waals surface area contributed by atoms with E-state index in [0.29, 0.717) is 31.2 Å². The number of hydrogen-bond donors (Lipinski definition) is 1. The van der Waals surface area contributed by atoms with Gasteiger partial charge in [0.1, 0.15) is 6.04 Å². The monoisotopic (exact) mass is 410 g/mol. The molecular weight excluding hydrogens is 388 g/mol. The molecule has 1 N–H and O–H groups in total. The summed E-state index contributed by atoms with van der Waals surface area (Å²) in [5.74, 6) is -0.623. The maximum absolute atomic E-state index is 12.8. The van der Waals surface area contributed by atoms with Crippen LogP contribution < -0.4 is 5.32 Å². The van der Waals surface area contributed by atoms with Gasteiger partial charge in [-0.05, 0) is 30.5 Å². The Balaban J connectivity index is 2.06. The van der Waals surface area contributed by atoms with Gasteiger partial charge in [0.15, 0.2) is 0 Å². The number of carbonyl (C=O) groups excluding carboxylic acids is 3. The normalized spacial score (nSPS) is 17.4. The number of hydrogen-bond acceptors (Lipinski definition) is 4. The summed E-state index contributed by atoms with van der Waals surface area (Å²) >= 11 is 3.34. The molecule has 0 spiro atoms. The van der Waals surface area contributed by atoms with E-state index >= 15 is 0 Å². The van der Waals surface area contributed by atoms with Crippen LogP contribution in [-0.4, -0.2) is 48.4 Å². The number of piperazine rings is 1. The SMILES string of the molecule is CC(C)CCOC(=O)CC1C(=O)NCCN1C(=O)c1cccc(Br)c1. The standard InChI is InChI=1S/C18H23BrN2O4/c1-12(2)6-9-25-16(22)11-15-17(23)20-7-8-21(15)18(24)13-4-3-5-14(19)10-13/h3-5,10,12,15H,6-9,11H2,1-2H3,(H,20,23). The molecule has 0 saturated carbocycles. The highest BCUT2D eigenvalue weighted by molar-refractivity contribution is 9.10. The van der Waals surface area contributed by atoms with E-state index in [-0.39, 0.29) is 18.2 Å². The van der Waals surface area contributed by atoms with E-state index in [2.05, 4.69) is 21.2 Å². The minimum absolute atomic E-state index is 0.135. The number of nitrogens with zero attached hydrogens (tertiary/aromatic N) is 1. The molecule has 25 heavy (non-hydrogen) atoms. The summed E-state index contributed by atoms with van der Waals surface area (Å²) in [7, 11) is 0. The Kier molecular flexibility index (Phi) is 6.99. The average molecular weight is 411 g/mol. The average Bonchev–Trinajstić information content (AvgIpc) is 2.55. The van der Waals surface area contributed by atoms with Crippen LogP contribution in [0.3, 0.4) is 0 Å². The molecule has 136 valence electrons. The first-order valence-electron chi connectivity index (χ1n) is 8.38. The number of carbonyl (C=O) groups is 3. The Morgan fingerprint density at radius 2 is 2.16 bits per heavy atom. The summed E-state index contributed by atoms with van der Waals surface area (Å²) in [5.41, 5.74) is 0.474. The zero-order valence-corrected chi connectivity index (χ0v) is 16.0. The van der Waals surface area contributed by atoms with E-state index in [4.69, 9.17) is 4.74 Å². The summed E-state index contributed by atoms with van der Waals surface area (Å²) in [6.07, 6.45) is 0.632. The molecule has 1 saturated heterocycles. The van der Waals surface area contributed by atoms with Crippen molar-refractivity contribution in [1.82, 2.24) is 10.2 Å². The fourth-order valence-electron chi connectivity index (χ4n) is 2.57. The minimum Gasteiger partial charge on any atom is -0.466 e. The van der Waals surface area contributed by atoms with Crippen LogP contribution in [0.2, 0.25) is 0 Å². The van der Waals surface area contributed by atoms with Gasteiger partial charge in [-0.3, -0.25) is 14.4 Å². The zero-order valence-electron chi connectivity index (χ0n) is 14.5. The molecule has 1 aliphatic rings. The van der Waals surface area contributed by atoms with E-state index in [1.54, 1.807) is 18.2 Å². The van der Waals surface area contributed by atoms with Gasteiger partial charge in [0.05, 0.1) is 13.0 Å². The first-order chi connectivity index (χ1) is 11.9. The highest BCUT2D eigenvalue weighted by atomic mass is 79.9. The van der Waals surface area contributed by atoms with Crippen molar-refractivity contribution >= 4 is 33.7 Å². The molecular formula is C18H23BrN2O4. The van der Waals surface area contributed by atoms with E-state index in [9.17, 15) is 14.4 Å². The number of nitrogens with one attached hydrogen (secondary N) is 1. The van der Waals surface area contributed by atoms with Crippen LogP contribution in [0, 0.1) is 5.92 Å². The van der Waals surface area contributed by atoms with Crippen molar-refractivity contribution in [3.63, 3.8) is 0 Å². The third kappa shape index (κ3) is 5.56. The Morgan fingerprint density at radius 3 is 2.84 bits per heavy atom. The molecule has 0 aliphatic carbocycles. The lowest BCUT2D eigenvalue weighted by atomic mass is 10.1. The van der Waals surface area contributed by atoms with Crippen LogP contribution >= 0.6 is 15.9 Å². The van der Waals surface area contributed by atoms with Crippen molar-refractivity contribution in [2.75, 3.05) is 19.7 Å². The Labute approximate surface area is 156 Å². The molecule has 1 aromatic carbocycles. The molecule has 7 heteroatoms. The van der Waals surface area contributed by atoms with E-state index < -0.39 is 12.0 Å². The van der Waals surface area contributed by atoms with Crippen LogP contribution in [0.25, 0.3) is 0 Å². The molecule has 2 rings (SSSR count). The lowest BCUT2D eigenvalue weighted by Gasteiger charge is -2.34. The summed E-state index contributed by atoms with van der Waals surface area (Å²) in [6, 6.07) is 6.14. The van der Waals surface area contributed by atoms with Crippen molar-refractivity contribution in [1.29, 1.82) is 0 Å². The van der Waals surface area contributed by atoms with Crippen LogP contribution in [0.4, 0.5) is 0 Å². The molecule has 1 atom stereocenters. The number of esters is 1. The number of amides is 2. The summed E-state index contributed by atoms with van der Waals surface area (Å²) < 4.78 is 5.97. The molecule has 0 radical (unpaired) electrons. The summed E-state index contributed by atoms with van der Waals surface area (Å²) in [6.45, 7) is 5.14. The van der Waals surface area contributed by atoms with Gasteiger partial charge in [0.25, 0.3) is 5.91 Å². The second-order valence-corrected chi connectivity index (χ2v) is 7.34. The van der Waals surface area contributed by atoms with Crippen molar-refractivity contribution in [2.24, 2.45) is 5.92 Å². The fourth-order valence-corrected chi connectivity index (χ4v) is 2.97. The minimum atomic E-state index is -0.841. The zero-order chi connectivity index (χ0) is 18.4. The van der Waals surface area contributed by atoms with Crippen molar-refractivity contribution in [3.8, 4) is 0 Å². The molecule has 2 amide bonds. The largest absolute Gasteiger partial charge is 0.466 e. The predicted molar refractivity (Wildman–Crippen MR) is 97.0 cm³/mol. The summed E-state index contributed by atoms with van der Waals surface area (Å²) in [5, 5.41) is 2.71. The smallest absolute Gasteiger partial charge is 0.308 e. The molecule has 1 aromatic rings. The van der Waals surface area contributed by atoms with Gasteiger partial charge in [-0.1, -0.05) is 35.8 Å². The molecule has 1 fully saturated rings. The highest BCUT2D eigenvalue weighted by Crippen LogP contribution is 2.18. The number of benzene rings is 1. The number of halogens is 1. The maximum Gasteiger partial charge on any atom is 0.308 e. The lowest BCUT2D eigenvalue weighted by molar-refractivity contribution is -0.148. The molecule has 1 unspecified atom stereocenters. The molecule has 1 heterocycles. The van der Waals surface area contributed by atoms with Crippen LogP contribution in [0.1, 0.15) is 37.0 Å². The number of ether oxygens (including phenoxy) is 1. The van der Waals surface area contributed by atoms with E-state index in [0.717, 1.165) is 10.9 Å². The van der Waals surface area contributed by atoms with Gasteiger partial charge in [0, 0.05) is 23.1 Å². The molecule has 1 aliphatic heterocycles. The van der Waals surface area contributed by atoms with Crippen LogP contribution in [-0.2, 0) is 14.3 Å². The lowest BCUT2D eigenvalue weighted by Crippen LogP contribution is -2.57. The Bertz CT molecular complexity index is 648. The van der Waals surface area contributed by atoms with Gasteiger partial charge in [-0.2, -0.15) is 0 Å². The van der Waals surface area contributed by atoms with Crippen molar-refractivity contribution < 1.29 is 19.1 Å². The Morgan fingerprint density at radius 1 is 1.40 bits per heavy atom. The quantitative estimate of drug-likeness (QED) is 0.730. The van der Waals surface area contributed by atoms with E-state index in [1.165, 1.54) is 4.90 Å². The van der Waals surface area contributed by atoms with E-state index in [1.807, 2.05) is 19.9 Å². The summed E-state index contributed by atoms with van der Waals surface area (Å²) in [4.78, 5) is 38.5. The second-order valence-electron chi connectivity index (χ2n) is 6.42. The molecule has 6 nitrogen and oxygen atoms in total. The number of rotatable bonds is 6. The van der Waals surface area contributed by atoms with Crippen molar-refractivity contribution in [3.05, 3.63) is 34.3 Å².